The van der Waals surface area contributed by atoms with Crippen LogP contribution in [0.15, 0.2) is 0 Å². The van der Waals surface area contributed by atoms with E-state index >= 15 is 0 Å². The number of rotatable bonds is 14. The van der Waals surface area contributed by atoms with Crippen LogP contribution in [-0.4, -0.2) is 75.9 Å². The average molecular weight is 446 g/mol. The van der Waals surface area contributed by atoms with E-state index in [1.54, 1.807) is 0 Å². The minimum absolute atomic E-state index is 0.472. The SMILES string of the molecule is CC(N)C(=O)NC(CC(N)=O)C(=O)NC(CCC(=O)O)C(=O)NC(CC(N)=O)C(=O)O. The standard InChI is InChI=1S/C16H26N6O9/c1-6(17)13(27)21-8(4-10(18)23)15(29)20-7(2-3-12(25)26)14(28)22-9(16(30)31)5-11(19)24/h6-9H,2-5,17H2,1H3,(H2,18,23)(H2,19,24)(H,20,29)(H,21,27)(H,22,28)(H,25,26)(H,30,31). The first kappa shape index (κ1) is 27.2. The van der Waals surface area contributed by atoms with Gasteiger partial charge in [0.2, 0.25) is 29.5 Å². The molecule has 0 aromatic heterocycles. The number of primary amides is 2. The minimum atomic E-state index is -1.73. The number of aliphatic carboxylic acids is 2. The monoisotopic (exact) mass is 446 g/mol. The highest BCUT2D eigenvalue weighted by atomic mass is 16.4. The first-order chi connectivity index (χ1) is 14.2. The molecule has 0 fully saturated rings. The molecule has 4 unspecified atom stereocenters. The van der Waals surface area contributed by atoms with Gasteiger partial charge in [-0.1, -0.05) is 0 Å². The fraction of sp³-hybridized carbons (Fsp3) is 0.562. The molecule has 174 valence electrons. The summed E-state index contributed by atoms with van der Waals surface area (Å²) in [5, 5.41) is 24.2. The molecule has 11 N–H and O–H groups in total. The van der Waals surface area contributed by atoms with Crippen molar-refractivity contribution in [3.8, 4) is 0 Å². The highest BCUT2D eigenvalue weighted by Crippen LogP contribution is 2.03. The van der Waals surface area contributed by atoms with Crippen molar-refractivity contribution in [2.24, 2.45) is 17.2 Å². The zero-order valence-electron chi connectivity index (χ0n) is 16.6. The van der Waals surface area contributed by atoms with E-state index in [9.17, 15) is 33.6 Å². The van der Waals surface area contributed by atoms with Gasteiger partial charge in [0.05, 0.1) is 18.9 Å². The maximum atomic E-state index is 12.5. The molecule has 15 heteroatoms. The maximum absolute atomic E-state index is 12.5. The Bertz CT molecular complexity index is 739. The number of amides is 5. The third-order valence-electron chi connectivity index (χ3n) is 3.75. The lowest BCUT2D eigenvalue weighted by Crippen LogP contribution is -2.57. The van der Waals surface area contributed by atoms with Gasteiger partial charge in [0, 0.05) is 6.42 Å². The van der Waals surface area contributed by atoms with Crippen molar-refractivity contribution in [3.05, 3.63) is 0 Å². The van der Waals surface area contributed by atoms with Crippen molar-refractivity contribution >= 4 is 41.5 Å². The summed E-state index contributed by atoms with van der Waals surface area (Å²) in [6.45, 7) is 1.31. The van der Waals surface area contributed by atoms with Crippen LogP contribution in [0.4, 0.5) is 0 Å². The Balaban J connectivity index is 5.54. The largest absolute Gasteiger partial charge is 0.481 e. The van der Waals surface area contributed by atoms with Gasteiger partial charge in [0.15, 0.2) is 0 Å². The lowest BCUT2D eigenvalue weighted by molar-refractivity contribution is -0.144. The van der Waals surface area contributed by atoms with Crippen LogP contribution >= 0.6 is 0 Å². The first-order valence-corrected chi connectivity index (χ1v) is 8.92. The molecule has 0 aliphatic carbocycles. The van der Waals surface area contributed by atoms with Crippen molar-refractivity contribution in [1.82, 2.24) is 16.0 Å². The van der Waals surface area contributed by atoms with Gasteiger partial charge in [-0.25, -0.2) is 4.79 Å². The Labute approximate surface area is 176 Å². The second-order valence-corrected chi connectivity index (χ2v) is 6.58. The van der Waals surface area contributed by atoms with E-state index < -0.39 is 91.3 Å². The molecule has 0 bridgehead atoms. The van der Waals surface area contributed by atoms with E-state index in [0.717, 1.165) is 0 Å². The van der Waals surface area contributed by atoms with Gasteiger partial charge in [-0.15, -0.1) is 0 Å². The average Bonchev–Trinajstić information content (AvgIpc) is 2.62. The third-order valence-corrected chi connectivity index (χ3v) is 3.75. The quantitative estimate of drug-likeness (QED) is 0.126. The molecule has 0 aliphatic heterocycles. The molecule has 4 atom stereocenters. The molecule has 0 spiro atoms. The summed E-state index contributed by atoms with van der Waals surface area (Å²) in [6.07, 6.45) is -2.48. The molecule has 0 aromatic rings. The number of carboxylic acid groups (broad SMARTS) is 2. The fourth-order valence-electron chi connectivity index (χ4n) is 2.20. The number of carboxylic acids is 2. The predicted molar refractivity (Wildman–Crippen MR) is 102 cm³/mol. The van der Waals surface area contributed by atoms with Crippen molar-refractivity contribution in [1.29, 1.82) is 0 Å². The van der Waals surface area contributed by atoms with E-state index in [1.165, 1.54) is 6.92 Å². The number of carbonyl (C=O) groups excluding carboxylic acids is 5. The molecule has 0 saturated heterocycles. The van der Waals surface area contributed by atoms with Crippen LogP contribution in [-0.2, 0) is 33.6 Å². The normalized spacial score (nSPS) is 14.3. The summed E-state index contributed by atoms with van der Waals surface area (Å²) in [7, 11) is 0. The van der Waals surface area contributed by atoms with Gasteiger partial charge in [0.1, 0.15) is 18.1 Å². The van der Waals surface area contributed by atoms with Crippen LogP contribution in [0.25, 0.3) is 0 Å². The van der Waals surface area contributed by atoms with Crippen LogP contribution in [0.2, 0.25) is 0 Å². The van der Waals surface area contributed by atoms with Crippen molar-refractivity contribution in [2.45, 2.75) is 56.8 Å². The molecule has 0 saturated carbocycles. The maximum Gasteiger partial charge on any atom is 0.326 e. The van der Waals surface area contributed by atoms with Gasteiger partial charge in [0.25, 0.3) is 0 Å². The summed E-state index contributed by atoms with van der Waals surface area (Å²) in [5.74, 6) is -7.91. The van der Waals surface area contributed by atoms with E-state index in [0.29, 0.717) is 0 Å². The Kier molecular flexibility index (Phi) is 11.2. The Morgan fingerprint density at radius 1 is 0.742 bits per heavy atom. The summed E-state index contributed by atoms with van der Waals surface area (Å²) >= 11 is 0. The number of nitrogens with one attached hydrogen (secondary N) is 3. The van der Waals surface area contributed by atoms with Gasteiger partial charge in [-0.2, -0.15) is 0 Å². The van der Waals surface area contributed by atoms with Crippen molar-refractivity contribution in [3.63, 3.8) is 0 Å². The molecule has 5 amide bonds. The Hall–Kier alpha value is -3.75. The molecule has 15 nitrogen and oxygen atoms in total. The first-order valence-electron chi connectivity index (χ1n) is 8.92. The molecule has 0 radical (unpaired) electrons. The van der Waals surface area contributed by atoms with Gasteiger partial charge in [-0.05, 0) is 13.3 Å². The second-order valence-electron chi connectivity index (χ2n) is 6.58. The van der Waals surface area contributed by atoms with Gasteiger partial charge < -0.3 is 43.4 Å². The zero-order chi connectivity index (χ0) is 24.3. The predicted octanol–water partition coefficient (Wildman–Crippen LogP) is -4.51. The summed E-state index contributed by atoms with van der Waals surface area (Å²) in [4.78, 5) is 80.9. The van der Waals surface area contributed by atoms with Crippen molar-refractivity contribution < 1.29 is 43.8 Å². The van der Waals surface area contributed by atoms with E-state index in [-0.39, 0.29) is 0 Å². The number of hydrogen-bond acceptors (Lipinski definition) is 8. The van der Waals surface area contributed by atoms with Gasteiger partial charge >= 0.3 is 11.9 Å². The van der Waals surface area contributed by atoms with Crippen LogP contribution in [0.1, 0.15) is 32.6 Å². The third kappa shape index (κ3) is 11.1. The van der Waals surface area contributed by atoms with Gasteiger partial charge in [-0.3, -0.25) is 28.8 Å². The zero-order valence-corrected chi connectivity index (χ0v) is 16.6. The lowest BCUT2D eigenvalue weighted by atomic mass is 10.1. The molecule has 0 rings (SSSR count). The fourth-order valence-corrected chi connectivity index (χ4v) is 2.20. The second kappa shape index (κ2) is 12.7. The van der Waals surface area contributed by atoms with E-state index in [4.69, 9.17) is 27.4 Å². The number of hydrogen-bond donors (Lipinski definition) is 8. The summed E-state index contributed by atoms with van der Waals surface area (Å²) in [5.41, 5.74) is 15.4. The lowest BCUT2D eigenvalue weighted by Gasteiger charge is -2.24. The Morgan fingerprint density at radius 2 is 1.16 bits per heavy atom. The smallest absolute Gasteiger partial charge is 0.326 e. The molecular weight excluding hydrogens is 420 g/mol. The van der Waals surface area contributed by atoms with Crippen LogP contribution in [0.3, 0.4) is 0 Å². The van der Waals surface area contributed by atoms with Crippen molar-refractivity contribution in [2.75, 3.05) is 0 Å². The Morgan fingerprint density at radius 3 is 1.58 bits per heavy atom. The van der Waals surface area contributed by atoms with E-state index in [1.807, 2.05) is 5.32 Å². The molecule has 31 heavy (non-hydrogen) atoms. The topological polar surface area (TPSA) is 274 Å². The summed E-state index contributed by atoms with van der Waals surface area (Å²) in [6, 6.07) is -5.88. The molecule has 0 heterocycles. The highest BCUT2D eigenvalue weighted by Gasteiger charge is 2.31. The van der Waals surface area contributed by atoms with Crippen LogP contribution < -0.4 is 33.2 Å². The molecule has 0 aromatic carbocycles. The number of carbonyl (C=O) groups is 7. The molecular formula is C16H26N6O9. The number of nitrogens with two attached hydrogens (primary N) is 3. The molecule has 0 aliphatic rings. The highest BCUT2D eigenvalue weighted by molar-refractivity contribution is 5.96. The van der Waals surface area contributed by atoms with Crippen LogP contribution in [0.5, 0.6) is 0 Å². The van der Waals surface area contributed by atoms with Crippen LogP contribution in [0, 0.1) is 0 Å². The summed E-state index contributed by atoms with van der Waals surface area (Å²) < 4.78 is 0. The minimum Gasteiger partial charge on any atom is -0.481 e. The van der Waals surface area contributed by atoms with E-state index in [2.05, 4.69) is 10.6 Å².